The number of nitrogens with zero attached hydrogens (tertiary/aromatic N) is 2. The number of sulfone groups is 1. The minimum absolute atomic E-state index is 0.367. The molecule has 0 aromatic heterocycles. The number of likely N-dealkylation sites (tertiary alicyclic amines) is 1. The molecule has 1 saturated carbocycles. The van der Waals surface area contributed by atoms with Crippen molar-refractivity contribution in [3.63, 3.8) is 0 Å². The molecular formula is C22H36N4O2S. The van der Waals surface area contributed by atoms with Crippen LogP contribution < -0.4 is 10.6 Å². The molecule has 0 amide bonds. The maximum absolute atomic E-state index is 11.5. The van der Waals surface area contributed by atoms with E-state index in [4.69, 9.17) is 0 Å². The van der Waals surface area contributed by atoms with Gasteiger partial charge in [-0.1, -0.05) is 31.4 Å². The summed E-state index contributed by atoms with van der Waals surface area (Å²) in [4.78, 5) is 7.44. The van der Waals surface area contributed by atoms with E-state index in [9.17, 15) is 8.42 Å². The molecule has 2 N–H and O–H groups in total. The lowest BCUT2D eigenvalue weighted by molar-refractivity contribution is 0.119. The lowest BCUT2D eigenvalue weighted by atomic mass is 9.92. The van der Waals surface area contributed by atoms with Crippen molar-refractivity contribution in [2.24, 2.45) is 4.99 Å². The molecule has 1 aliphatic heterocycles. The minimum atomic E-state index is -3.13. The smallest absolute Gasteiger partial charge is 0.191 e. The number of aliphatic imine (C=N–C) groups is 1. The summed E-state index contributed by atoms with van der Waals surface area (Å²) in [7, 11) is -1.32. The van der Waals surface area contributed by atoms with Gasteiger partial charge in [-0.2, -0.15) is 0 Å². The second-order valence-electron chi connectivity index (χ2n) is 8.41. The third-order valence-electron chi connectivity index (χ3n) is 6.24. The molecule has 7 heteroatoms. The molecule has 1 aliphatic carbocycles. The first kappa shape index (κ1) is 22.1. The summed E-state index contributed by atoms with van der Waals surface area (Å²) in [6.07, 6.45) is 11.4. The van der Waals surface area contributed by atoms with E-state index in [2.05, 4.69) is 20.5 Å². The minimum Gasteiger partial charge on any atom is -0.356 e. The summed E-state index contributed by atoms with van der Waals surface area (Å²) in [5.41, 5.74) is 1.11. The van der Waals surface area contributed by atoms with Gasteiger partial charge >= 0.3 is 0 Å². The van der Waals surface area contributed by atoms with Crippen LogP contribution in [-0.2, 0) is 16.3 Å². The highest BCUT2D eigenvalue weighted by Crippen LogP contribution is 2.25. The zero-order chi connectivity index (χ0) is 20.7. The Morgan fingerprint density at radius 1 is 1.07 bits per heavy atom. The maximum Gasteiger partial charge on any atom is 0.191 e. The molecule has 0 radical (unpaired) electrons. The van der Waals surface area contributed by atoms with Crippen LogP contribution in [0.1, 0.15) is 50.5 Å². The molecule has 0 bridgehead atoms. The second-order valence-corrected chi connectivity index (χ2v) is 10.4. The van der Waals surface area contributed by atoms with Crippen molar-refractivity contribution < 1.29 is 8.42 Å². The first-order valence-corrected chi connectivity index (χ1v) is 12.8. The number of nitrogens with one attached hydrogen (secondary N) is 2. The van der Waals surface area contributed by atoms with Crippen LogP contribution >= 0.6 is 0 Å². The van der Waals surface area contributed by atoms with Crippen LogP contribution in [0.3, 0.4) is 0 Å². The largest absolute Gasteiger partial charge is 0.356 e. The average molecular weight is 421 g/mol. The van der Waals surface area contributed by atoms with Gasteiger partial charge in [-0.25, -0.2) is 8.42 Å². The first-order chi connectivity index (χ1) is 14.0. The van der Waals surface area contributed by atoms with Gasteiger partial charge in [0.1, 0.15) is 0 Å². The van der Waals surface area contributed by atoms with Gasteiger partial charge in [0.25, 0.3) is 0 Å². The molecule has 29 heavy (non-hydrogen) atoms. The van der Waals surface area contributed by atoms with Crippen LogP contribution in [0.5, 0.6) is 0 Å². The number of guanidine groups is 1. The Hall–Kier alpha value is -1.60. The molecule has 3 rings (SSSR count). The van der Waals surface area contributed by atoms with Gasteiger partial charge in [-0.05, 0) is 49.8 Å². The van der Waals surface area contributed by atoms with Crippen molar-refractivity contribution >= 4 is 15.8 Å². The van der Waals surface area contributed by atoms with E-state index in [-0.39, 0.29) is 0 Å². The molecular weight excluding hydrogens is 384 g/mol. The van der Waals surface area contributed by atoms with Gasteiger partial charge in [-0.3, -0.25) is 4.99 Å². The lowest BCUT2D eigenvalue weighted by Crippen LogP contribution is -2.51. The predicted octanol–water partition coefficient (Wildman–Crippen LogP) is 2.59. The monoisotopic (exact) mass is 420 g/mol. The summed E-state index contributed by atoms with van der Waals surface area (Å²) in [6, 6.07) is 8.42. The van der Waals surface area contributed by atoms with Crippen LogP contribution in [0.4, 0.5) is 0 Å². The Labute approximate surface area is 176 Å². The van der Waals surface area contributed by atoms with Crippen LogP contribution in [0.2, 0.25) is 0 Å². The summed E-state index contributed by atoms with van der Waals surface area (Å²) in [6.45, 7) is 3.14. The third kappa shape index (κ3) is 6.71. The number of piperidine rings is 1. The Bertz CT molecular complexity index is 763. The van der Waals surface area contributed by atoms with E-state index in [1.54, 1.807) is 12.1 Å². The predicted molar refractivity (Wildman–Crippen MR) is 119 cm³/mol. The normalized spacial score (nSPS) is 20.6. The van der Waals surface area contributed by atoms with Gasteiger partial charge in [0.05, 0.1) is 4.90 Å². The van der Waals surface area contributed by atoms with Crippen molar-refractivity contribution in [1.82, 2.24) is 15.5 Å². The van der Waals surface area contributed by atoms with Crippen molar-refractivity contribution in [3.05, 3.63) is 29.8 Å². The summed E-state index contributed by atoms with van der Waals surface area (Å²) in [5.74, 6) is 0.855. The Morgan fingerprint density at radius 2 is 1.72 bits per heavy atom. The SMILES string of the molecule is CN=C(NCCc1ccc(S(C)(=O)=O)cc1)NC1CCN(C2CCCCC2)CC1. The number of rotatable bonds is 6. The summed E-state index contributed by atoms with van der Waals surface area (Å²) < 4.78 is 23.1. The van der Waals surface area contributed by atoms with E-state index < -0.39 is 9.84 Å². The van der Waals surface area contributed by atoms with Gasteiger partial charge in [-0.15, -0.1) is 0 Å². The first-order valence-electron chi connectivity index (χ1n) is 11.0. The molecule has 2 fully saturated rings. The molecule has 0 unspecified atom stereocenters. The maximum atomic E-state index is 11.5. The highest BCUT2D eigenvalue weighted by atomic mass is 32.2. The number of hydrogen-bond donors (Lipinski definition) is 2. The van der Waals surface area contributed by atoms with Gasteiger partial charge in [0, 0.05) is 45.0 Å². The van der Waals surface area contributed by atoms with E-state index >= 15 is 0 Å². The average Bonchev–Trinajstić information content (AvgIpc) is 2.74. The molecule has 0 atom stereocenters. The molecule has 6 nitrogen and oxygen atoms in total. The Kier molecular flexibility index (Phi) is 7.95. The molecule has 2 aliphatic rings. The van der Waals surface area contributed by atoms with Gasteiger partial charge in [0.2, 0.25) is 0 Å². The van der Waals surface area contributed by atoms with Crippen LogP contribution in [0, 0.1) is 0 Å². The molecule has 1 aromatic rings. The Balaban J connectivity index is 1.38. The van der Waals surface area contributed by atoms with Gasteiger partial charge < -0.3 is 15.5 Å². The van der Waals surface area contributed by atoms with E-state index in [0.717, 1.165) is 30.5 Å². The van der Waals surface area contributed by atoms with Crippen LogP contribution in [0.25, 0.3) is 0 Å². The molecule has 162 valence electrons. The summed E-state index contributed by atoms with van der Waals surface area (Å²) in [5, 5.41) is 6.97. The zero-order valence-corrected chi connectivity index (χ0v) is 18.7. The molecule has 0 spiro atoms. The second kappa shape index (κ2) is 10.4. The van der Waals surface area contributed by atoms with E-state index in [1.165, 1.54) is 64.3 Å². The topological polar surface area (TPSA) is 73.8 Å². The highest BCUT2D eigenvalue weighted by Gasteiger charge is 2.26. The van der Waals surface area contributed by atoms with Crippen molar-refractivity contribution in [2.75, 3.05) is 32.9 Å². The fraction of sp³-hybridized carbons (Fsp3) is 0.682. The van der Waals surface area contributed by atoms with Crippen LogP contribution in [-0.4, -0.2) is 64.3 Å². The number of benzene rings is 1. The fourth-order valence-electron chi connectivity index (χ4n) is 4.47. The van der Waals surface area contributed by atoms with Crippen molar-refractivity contribution in [1.29, 1.82) is 0 Å². The summed E-state index contributed by atoms with van der Waals surface area (Å²) >= 11 is 0. The lowest BCUT2D eigenvalue weighted by Gasteiger charge is -2.39. The van der Waals surface area contributed by atoms with Crippen molar-refractivity contribution in [3.8, 4) is 0 Å². The van der Waals surface area contributed by atoms with E-state index in [1.807, 2.05) is 19.2 Å². The molecule has 1 aromatic carbocycles. The third-order valence-corrected chi connectivity index (χ3v) is 7.37. The fourth-order valence-corrected chi connectivity index (χ4v) is 5.10. The molecule has 1 heterocycles. The Morgan fingerprint density at radius 3 is 2.31 bits per heavy atom. The van der Waals surface area contributed by atoms with Crippen LogP contribution in [0.15, 0.2) is 34.2 Å². The zero-order valence-electron chi connectivity index (χ0n) is 17.9. The van der Waals surface area contributed by atoms with Gasteiger partial charge in [0.15, 0.2) is 15.8 Å². The highest BCUT2D eigenvalue weighted by molar-refractivity contribution is 7.90. The standard InChI is InChI=1S/C22H36N4O2S/c1-23-22(24-15-12-18-8-10-21(11-9-18)29(2,27)28)25-19-13-16-26(17-14-19)20-6-4-3-5-7-20/h8-11,19-20H,3-7,12-17H2,1-2H3,(H2,23,24,25). The quantitative estimate of drug-likeness (QED) is 0.547. The number of hydrogen-bond acceptors (Lipinski definition) is 4. The van der Waals surface area contributed by atoms with Crippen molar-refractivity contribution in [2.45, 2.75) is 68.3 Å². The van der Waals surface area contributed by atoms with E-state index in [0.29, 0.717) is 10.9 Å². The molecule has 1 saturated heterocycles.